The van der Waals surface area contributed by atoms with Crippen LogP contribution >= 0.6 is 0 Å². The first-order chi connectivity index (χ1) is 7.45. The van der Waals surface area contributed by atoms with Crippen molar-refractivity contribution in [3.63, 3.8) is 0 Å². The van der Waals surface area contributed by atoms with Crippen molar-refractivity contribution in [2.75, 3.05) is 6.61 Å². The first-order valence-electron chi connectivity index (χ1n) is 5.57. The number of hydrogen-bond donors (Lipinski definition) is 0. The van der Waals surface area contributed by atoms with Crippen LogP contribution in [0, 0.1) is 0 Å². The Morgan fingerprint density at radius 1 is 1.38 bits per heavy atom. The first-order valence-corrected chi connectivity index (χ1v) is 5.57. The fraction of sp³-hybridized carbons (Fsp3) is 0.667. The van der Waals surface area contributed by atoms with Gasteiger partial charge in [0, 0.05) is 6.04 Å². The summed E-state index contributed by atoms with van der Waals surface area (Å²) in [5.41, 5.74) is 0. The summed E-state index contributed by atoms with van der Waals surface area (Å²) >= 11 is 0. The number of carbonyl (C=O) groups excluding carboxylic acids is 2. The molecule has 0 bridgehead atoms. The predicted molar refractivity (Wildman–Crippen MR) is 62.9 cm³/mol. The van der Waals surface area contributed by atoms with E-state index in [0.29, 0.717) is 6.61 Å². The van der Waals surface area contributed by atoms with Crippen molar-refractivity contribution in [1.82, 2.24) is 4.90 Å². The molecule has 0 aliphatic carbocycles. The number of nitrogens with zero attached hydrogens (tertiary/aromatic N) is 1. The molecule has 92 valence electrons. The van der Waals surface area contributed by atoms with Gasteiger partial charge in [0.25, 0.3) is 0 Å². The molecule has 0 heterocycles. The lowest BCUT2D eigenvalue weighted by molar-refractivity contribution is -0.154. The summed E-state index contributed by atoms with van der Waals surface area (Å²) in [5, 5.41) is 0. The fourth-order valence-corrected chi connectivity index (χ4v) is 1.43. The Morgan fingerprint density at radius 3 is 2.31 bits per heavy atom. The molecule has 0 radical (unpaired) electrons. The summed E-state index contributed by atoms with van der Waals surface area (Å²) in [6.07, 6.45) is 1.99. The van der Waals surface area contributed by atoms with Crippen molar-refractivity contribution in [2.24, 2.45) is 0 Å². The standard InChI is InChI=1S/C12H21NO3/c1-6-8-16-12(15)10(5)13(9(3)4)11(14)7-2/h7,9-10H,2,6,8H2,1,3-5H3. The molecule has 0 aliphatic rings. The third kappa shape index (κ3) is 4.04. The predicted octanol–water partition coefficient (Wildman–Crippen LogP) is 1.75. The average molecular weight is 227 g/mol. The largest absolute Gasteiger partial charge is 0.464 e. The van der Waals surface area contributed by atoms with E-state index in [4.69, 9.17) is 4.74 Å². The molecule has 0 N–H and O–H groups in total. The Labute approximate surface area is 97.3 Å². The molecular weight excluding hydrogens is 206 g/mol. The number of amides is 1. The highest BCUT2D eigenvalue weighted by molar-refractivity contribution is 5.91. The van der Waals surface area contributed by atoms with E-state index in [1.807, 2.05) is 20.8 Å². The van der Waals surface area contributed by atoms with E-state index in [-0.39, 0.29) is 17.9 Å². The van der Waals surface area contributed by atoms with Gasteiger partial charge in [-0.2, -0.15) is 0 Å². The maximum absolute atomic E-state index is 11.6. The second kappa shape index (κ2) is 7.04. The normalized spacial score (nSPS) is 12.1. The lowest BCUT2D eigenvalue weighted by atomic mass is 10.2. The number of ether oxygens (including phenoxy) is 1. The van der Waals surface area contributed by atoms with E-state index < -0.39 is 6.04 Å². The Kier molecular flexibility index (Phi) is 6.46. The Bertz CT molecular complexity index is 261. The summed E-state index contributed by atoms with van der Waals surface area (Å²) in [4.78, 5) is 24.7. The van der Waals surface area contributed by atoms with Gasteiger partial charge in [-0.25, -0.2) is 4.79 Å². The molecule has 0 aromatic carbocycles. The van der Waals surface area contributed by atoms with Gasteiger partial charge in [0.05, 0.1) is 6.61 Å². The number of esters is 1. The van der Waals surface area contributed by atoms with Gasteiger partial charge < -0.3 is 9.64 Å². The van der Waals surface area contributed by atoms with Crippen molar-refractivity contribution in [1.29, 1.82) is 0 Å². The average Bonchev–Trinajstić information content (AvgIpc) is 2.24. The molecule has 1 amide bonds. The van der Waals surface area contributed by atoms with Crippen LogP contribution in [0.1, 0.15) is 34.1 Å². The van der Waals surface area contributed by atoms with E-state index in [9.17, 15) is 9.59 Å². The zero-order chi connectivity index (χ0) is 12.7. The summed E-state index contributed by atoms with van der Waals surface area (Å²) < 4.78 is 5.01. The minimum Gasteiger partial charge on any atom is -0.464 e. The summed E-state index contributed by atoms with van der Waals surface area (Å²) in [5.74, 6) is -0.623. The van der Waals surface area contributed by atoms with Crippen LogP contribution < -0.4 is 0 Å². The zero-order valence-electron chi connectivity index (χ0n) is 10.5. The number of hydrogen-bond acceptors (Lipinski definition) is 3. The van der Waals surface area contributed by atoms with Crippen LogP contribution in [0.5, 0.6) is 0 Å². The van der Waals surface area contributed by atoms with E-state index in [1.165, 1.54) is 11.0 Å². The van der Waals surface area contributed by atoms with Crippen LogP contribution in [0.15, 0.2) is 12.7 Å². The lowest BCUT2D eigenvalue weighted by Crippen LogP contribution is -2.47. The lowest BCUT2D eigenvalue weighted by Gasteiger charge is -2.30. The highest BCUT2D eigenvalue weighted by Gasteiger charge is 2.27. The van der Waals surface area contributed by atoms with Crippen molar-refractivity contribution in [2.45, 2.75) is 46.2 Å². The van der Waals surface area contributed by atoms with Gasteiger partial charge in [0.1, 0.15) is 6.04 Å². The van der Waals surface area contributed by atoms with E-state index in [0.717, 1.165) is 6.42 Å². The molecule has 1 unspecified atom stereocenters. The zero-order valence-corrected chi connectivity index (χ0v) is 10.5. The van der Waals surface area contributed by atoms with Crippen molar-refractivity contribution >= 4 is 11.9 Å². The summed E-state index contributed by atoms with van der Waals surface area (Å²) in [6, 6.07) is -0.633. The fourth-order valence-electron chi connectivity index (χ4n) is 1.43. The second-order valence-electron chi connectivity index (χ2n) is 3.89. The maximum Gasteiger partial charge on any atom is 0.328 e. The third-order valence-corrected chi connectivity index (χ3v) is 2.19. The first kappa shape index (κ1) is 14.7. The van der Waals surface area contributed by atoms with E-state index >= 15 is 0 Å². The maximum atomic E-state index is 11.6. The molecular formula is C12H21NO3. The van der Waals surface area contributed by atoms with Crippen molar-refractivity contribution in [3.8, 4) is 0 Å². The van der Waals surface area contributed by atoms with Gasteiger partial charge in [-0.1, -0.05) is 13.5 Å². The quantitative estimate of drug-likeness (QED) is 0.513. The third-order valence-electron chi connectivity index (χ3n) is 2.19. The monoisotopic (exact) mass is 227 g/mol. The Balaban J connectivity index is 4.61. The minimum atomic E-state index is -0.572. The molecule has 0 rings (SSSR count). The molecule has 0 spiro atoms. The number of carbonyl (C=O) groups is 2. The molecule has 0 fully saturated rings. The van der Waals surface area contributed by atoms with Crippen LogP contribution in [0.25, 0.3) is 0 Å². The van der Waals surface area contributed by atoms with Crippen LogP contribution in [-0.4, -0.2) is 35.5 Å². The van der Waals surface area contributed by atoms with E-state index in [2.05, 4.69) is 6.58 Å². The van der Waals surface area contributed by atoms with Gasteiger partial charge in [0.15, 0.2) is 0 Å². The Morgan fingerprint density at radius 2 is 1.94 bits per heavy atom. The highest BCUT2D eigenvalue weighted by Crippen LogP contribution is 2.08. The van der Waals surface area contributed by atoms with Gasteiger partial charge >= 0.3 is 5.97 Å². The van der Waals surface area contributed by atoms with Gasteiger partial charge in [0.2, 0.25) is 5.91 Å². The van der Waals surface area contributed by atoms with Crippen molar-refractivity contribution < 1.29 is 14.3 Å². The summed E-state index contributed by atoms with van der Waals surface area (Å²) in [7, 11) is 0. The van der Waals surface area contributed by atoms with Gasteiger partial charge in [-0.15, -0.1) is 0 Å². The molecule has 0 saturated carbocycles. The smallest absolute Gasteiger partial charge is 0.328 e. The van der Waals surface area contributed by atoms with Crippen molar-refractivity contribution in [3.05, 3.63) is 12.7 Å². The second-order valence-corrected chi connectivity index (χ2v) is 3.89. The molecule has 0 saturated heterocycles. The van der Waals surface area contributed by atoms with Crippen LogP contribution in [0.2, 0.25) is 0 Å². The summed E-state index contributed by atoms with van der Waals surface area (Å²) in [6.45, 7) is 11.1. The topological polar surface area (TPSA) is 46.6 Å². The van der Waals surface area contributed by atoms with Crippen LogP contribution in [0.3, 0.4) is 0 Å². The van der Waals surface area contributed by atoms with Gasteiger partial charge in [-0.05, 0) is 33.3 Å². The SMILES string of the molecule is C=CC(=O)N(C(C)C)C(C)C(=O)OCCC. The molecule has 1 atom stereocenters. The number of rotatable bonds is 6. The minimum absolute atomic E-state index is 0.0605. The molecule has 16 heavy (non-hydrogen) atoms. The van der Waals surface area contributed by atoms with Crippen LogP contribution in [0.4, 0.5) is 0 Å². The van der Waals surface area contributed by atoms with Gasteiger partial charge in [-0.3, -0.25) is 4.79 Å². The Hall–Kier alpha value is -1.32. The molecule has 0 aromatic heterocycles. The van der Waals surface area contributed by atoms with Crippen LogP contribution in [-0.2, 0) is 14.3 Å². The molecule has 4 nitrogen and oxygen atoms in total. The molecule has 4 heteroatoms. The molecule has 0 aromatic rings. The van der Waals surface area contributed by atoms with E-state index in [1.54, 1.807) is 6.92 Å². The highest BCUT2D eigenvalue weighted by atomic mass is 16.5. The molecule has 0 aliphatic heterocycles.